The molecule has 0 radical (unpaired) electrons. The Morgan fingerprint density at radius 1 is 1.28 bits per heavy atom. The molecule has 25 heavy (non-hydrogen) atoms. The van der Waals surface area contributed by atoms with Crippen molar-refractivity contribution in [2.24, 2.45) is 5.92 Å². The van der Waals surface area contributed by atoms with E-state index in [-0.39, 0.29) is 24.2 Å². The van der Waals surface area contributed by atoms with Gasteiger partial charge in [0.1, 0.15) is 11.7 Å². The van der Waals surface area contributed by atoms with Crippen LogP contribution < -0.4 is 10.2 Å². The van der Waals surface area contributed by atoms with E-state index in [9.17, 15) is 14.0 Å². The lowest BCUT2D eigenvalue weighted by Gasteiger charge is -2.19. The van der Waals surface area contributed by atoms with Gasteiger partial charge in [-0.1, -0.05) is 23.7 Å². The molecule has 1 saturated heterocycles. The standard InChI is InChI=1S/C19H18ClFN2O2/c1-12-10-14(20)4-7-17(12)23-9-8-16(19(23)25)18(24)22-11-13-2-5-15(21)6-3-13/h2-7,10,16H,8-9,11H2,1H3,(H,22,24)/t16-/m0/s1. The van der Waals surface area contributed by atoms with Crippen LogP contribution in [-0.2, 0) is 16.1 Å². The van der Waals surface area contributed by atoms with E-state index in [1.54, 1.807) is 35.2 Å². The van der Waals surface area contributed by atoms with Crippen LogP contribution in [0, 0.1) is 18.7 Å². The third-order valence-corrected chi connectivity index (χ3v) is 4.59. The Bertz CT molecular complexity index is 808. The van der Waals surface area contributed by atoms with Gasteiger partial charge in [-0.2, -0.15) is 0 Å². The molecule has 0 unspecified atom stereocenters. The molecule has 1 heterocycles. The van der Waals surface area contributed by atoms with E-state index in [0.29, 0.717) is 18.0 Å². The van der Waals surface area contributed by atoms with Gasteiger partial charge in [0.15, 0.2) is 0 Å². The van der Waals surface area contributed by atoms with Crippen LogP contribution in [0.5, 0.6) is 0 Å². The topological polar surface area (TPSA) is 49.4 Å². The number of hydrogen-bond acceptors (Lipinski definition) is 2. The maximum Gasteiger partial charge on any atom is 0.239 e. The summed E-state index contributed by atoms with van der Waals surface area (Å²) in [6.45, 7) is 2.65. The van der Waals surface area contributed by atoms with Crippen molar-refractivity contribution in [3.63, 3.8) is 0 Å². The van der Waals surface area contributed by atoms with Crippen molar-refractivity contribution in [1.82, 2.24) is 5.32 Å². The highest BCUT2D eigenvalue weighted by atomic mass is 35.5. The second kappa shape index (κ2) is 7.23. The van der Waals surface area contributed by atoms with Crippen molar-refractivity contribution in [2.75, 3.05) is 11.4 Å². The molecule has 2 aromatic rings. The summed E-state index contributed by atoms with van der Waals surface area (Å²) in [7, 11) is 0. The van der Waals surface area contributed by atoms with Gasteiger partial charge < -0.3 is 10.2 Å². The summed E-state index contributed by atoms with van der Waals surface area (Å²) in [5.41, 5.74) is 2.46. The highest BCUT2D eigenvalue weighted by Gasteiger charge is 2.37. The number of nitrogens with zero attached hydrogens (tertiary/aromatic N) is 1. The zero-order chi connectivity index (χ0) is 18.0. The number of benzene rings is 2. The molecule has 0 bridgehead atoms. The first-order chi connectivity index (χ1) is 12.0. The molecule has 4 nitrogen and oxygen atoms in total. The minimum absolute atomic E-state index is 0.206. The van der Waals surface area contributed by atoms with Crippen LogP contribution in [0.25, 0.3) is 0 Å². The van der Waals surface area contributed by atoms with Gasteiger partial charge in [-0.05, 0) is 54.8 Å². The highest BCUT2D eigenvalue weighted by molar-refractivity contribution is 6.30. The van der Waals surface area contributed by atoms with Crippen molar-refractivity contribution in [3.8, 4) is 0 Å². The van der Waals surface area contributed by atoms with Gasteiger partial charge in [-0.25, -0.2) is 4.39 Å². The van der Waals surface area contributed by atoms with Crippen LogP contribution >= 0.6 is 11.6 Å². The molecule has 0 saturated carbocycles. The fraction of sp³-hybridized carbons (Fsp3) is 0.263. The molecule has 0 aliphatic carbocycles. The summed E-state index contributed by atoms with van der Waals surface area (Å²) < 4.78 is 12.9. The largest absolute Gasteiger partial charge is 0.351 e. The van der Waals surface area contributed by atoms with E-state index in [4.69, 9.17) is 11.6 Å². The Morgan fingerprint density at radius 2 is 2.00 bits per heavy atom. The maximum absolute atomic E-state index is 12.9. The first kappa shape index (κ1) is 17.4. The van der Waals surface area contributed by atoms with Crippen molar-refractivity contribution < 1.29 is 14.0 Å². The van der Waals surface area contributed by atoms with Crippen LogP contribution in [0.1, 0.15) is 17.5 Å². The van der Waals surface area contributed by atoms with Crippen LogP contribution in [0.2, 0.25) is 5.02 Å². The molecule has 1 atom stereocenters. The second-order valence-electron chi connectivity index (χ2n) is 6.11. The van der Waals surface area contributed by atoms with E-state index in [0.717, 1.165) is 16.8 Å². The molecule has 2 amide bonds. The van der Waals surface area contributed by atoms with Gasteiger partial charge >= 0.3 is 0 Å². The lowest BCUT2D eigenvalue weighted by molar-refractivity contribution is -0.132. The molecule has 130 valence electrons. The van der Waals surface area contributed by atoms with Crippen LogP contribution in [-0.4, -0.2) is 18.4 Å². The fourth-order valence-corrected chi connectivity index (χ4v) is 3.23. The van der Waals surface area contributed by atoms with E-state index >= 15 is 0 Å². The summed E-state index contributed by atoms with van der Waals surface area (Å²) in [6.07, 6.45) is 0.468. The van der Waals surface area contributed by atoms with Crippen molar-refractivity contribution >= 4 is 29.1 Å². The Balaban J connectivity index is 1.64. The number of amides is 2. The Kier molecular flexibility index (Phi) is 5.04. The molecule has 1 fully saturated rings. The van der Waals surface area contributed by atoms with Crippen LogP contribution in [0.15, 0.2) is 42.5 Å². The minimum atomic E-state index is -0.699. The average molecular weight is 361 g/mol. The van der Waals surface area contributed by atoms with Gasteiger partial charge in [-0.15, -0.1) is 0 Å². The summed E-state index contributed by atoms with van der Waals surface area (Å²) >= 11 is 5.96. The normalized spacial score (nSPS) is 17.0. The smallest absolute Gasteiger partial charge is 0.239 e. The first-order valence-corrected chi connectivity index (χ1v) is 8.43. The SMILES string of the molecule is Cc1cc(Cl)ccc1N1CC[C@@H](C(=O)NCc2ccc(F)cc2)C1=O. The molecular weight excluding hydrogens is 343 g/mol. The lowest BCUT2D eigenvalue weighted by Crippen LogP contribution is -2.36. The lowest BCUT2D eigenvalue weighted by atomic mass is 10.1. The average Bonchev–Trinajstić information content (AvgIpc) is 2.96. The predicted molar refractivity (Wildman–Crippen MR) is 94.9 cm³/mol. The molecule has 6 heteroatoms. The summed E-state index contributed by atoms with van der Waals surface area (Å²) in [4.78, 5) is 26.6. The quantitative estimate of drug-likeness (QED) is 0.849. The Hall–Kier alpha value is -2.40. The number of nitrogens with one attached hydrogen (secondary N) is 1. The summed E-state index contributed by atoms with van der Waals surface area (Å²) in [6, 6.07) is 11.2. The van der Waals surface area contributed by atoms with Crippen LogP contribution in [0.3, 0.4) is 0 Å². The van der Waals surface area contributed by atoms with E-state index in [1.165, 1.54) is 12.1 Å². The molecule has 1 N–H and O–H groups in total. The van der Waals surface area contributed by atoms with Gasteiger partial charge in [-0.3, -0.25) is 9.59 Å². The highest BCUT2D eigenvalue weighted by Crippen LogP contribution is 2.29. The maximum atomic E-state index is 12.9. The monoisotopic (exact) mass is 360 g/mol. The number of aryl methyl sites for hydroxylation is 1. The third-order valence-electron chi connectivity index (χ3n) is 4.35. The number of anilines is 1. The van der Waals surface area contributed by atoms with Crippen LogP contribution in [0.4, 0.5) is 10.1 Å². The number of halogens is 2. The molecule has 1 aliphatic heterocycles. The van der Waals surface area contributed by atoms with Crippen molar-refractivity contribution in [1.29, 1.82) is 0 Å². The molecule has 0 aromatic heterocycles. The van der Waals surface area contributed by atoms with E-state index in [2.05, 4.69) is 5.32 Å². The fourth-order valence-electron chi connectivity index (χ4n) is 3.00. The summed E-state index contributed by atoms with van der Waals surface area (Å²) in [5.74, 6) is -1.53. The van der Waals surface area contributed by atoms with E-state index in [1.807, 2.05) is 6.92 Å². The summed E-state index contributed by atoms with van der Waals surface area (Å²) in [5, 5.41) is 3.37. The number of rotatable bonds is 4. The zero-order valence-electron chi connectivity index (χ0n) is 13.8. The van der Waals surface area contributed by atoms with Gasteiger partial charge in [0.2, 0.25) is 11.8 Å². The number of carbonyl (C=O) groups is 2. The zero-order valence-corrected chi connectivity index (χ0v) is 14.5. The molecular formula is C19H18ClFN2O2. The number of hydrogen-bond donors (Lipinski definition) is 1. The van der Waals surface area contributed by atoms with Gasteiger partial charge in [0.25, 0.3) is 0 Å². The predicted octanol–water partition coefficient (Wildman–Crippen LogP) is 3.46. The second-order valence-corrected chi connectivity index (χ2v) is 6.54. The number of carbonyl (C=O) groups excluding carboxylic acids is 2. The van der Waals surface area contributed by atoms with Crippen molar-refractivity contribution in [2.45, 2.75) is 19.9 Å². The van der Waals surface area contributed by atoms with E-state index < -0.39 is 5.92 Å². The molecule has 1 aliphatic rings. The Labute approximate surface area is 150 Å². The Morgan fingerprint density at radius 3 is 2.68 bits per heavy atom. The minimum Gasteiger partial charge on any atom is -0.351 e. The first-order valence-electron chi connectivity index (χ1n) is 8.05. The third kappa shape index (κ3) is 3.82. The van der Waals surface area contributed by atoms with Gasteiger partial charge in [0.05, 0.1) is 0 Å². The molecule has 2 aromatic carbocycles. The molecule has 3 rings (SSSR count). The van der Waals surface area contributed by atoms with Crippen molar-refractivity contribution in [3.05, 3.63) is 64.4 Å². The van der Waals surface area contributed by atoms with Gasteiger partial charge in [0, 0.05) is 23.8 Å². The molecule has 0 spiro atoms.